The third-order valence-corrected chi connectivity index (χ3v) is 2.70. The van der Waals surface area contributed by atoms with Gasteiger partial charge in [-0.3, -0.25) is 14.9 Å². The fourth-order valence-corrected chi connectivity index (χ4v) is 1.66. The Morgan fingerprint density at radius 2 is 1.67 bits per heavy atom. The predicted molar refractivity (Wildman–Crippen MR) is 71.8 cm³/mol. The van der Waals surface area contributed by atoms with E-state index in [1.54, 1.807) is 0 Å². The number of carboxylic acids is 1. The number of carbonyl (C=O) groups is 2. The molecule has 2 aromatic rings. The maximum absolute atomic E-state index is 11.9. The minimum absolute atomic E-state index is 0.0588. The highest BCUT2D eigenvalue weighted by atomic mass is 16.6. The molecule has 2 rings (SSSR count). The lowest BCUT2D eigenvalue weighted by molar-refractivity contribution is -0.384. The van der Waals surface area contributed by atoms with E-state index >= 15 is 0 Å². The van der Waals surface area contributed by atoms with Crippen LogP contribution in [0.2, 0.25) is 0 Å². The average Bonchev–Trinajstić information content (AvgIpc) is 2.47. The van der Waals surface area contributed by atoms with Crippen molar-refractivity contribution in [3.05, 3.63) is 69.8 Å². The van der Waals surface area contributed by atoms with Gasteiger partial charge in [0.05, 0.1) is 10.9 Å². The van der Waals surface area contributed by atoms with Gasteiger partial charge < -0.3 is 15.2 Å². The number of aromatic carboxylic acids is 1. The van der Waals surface area contributed by atoms with E-state index in [-0.39, 0.29) is 16.8 Å². The van der Waals surface area contributed by atoms with Crippen LogP contribution < -0.4 is 10.4 Å². The van der Waals surface area contributed by atoms with Crippen molar-refractivity contribution < 1.29 is 19.6 Å². The van der Waals surface area contributed by atoms with Gasteiger partial charge in [0.1, 0.15) is 0 Å². The number of hydrogen-bond donors (Lipinski definition) is 1. The van der Waals surface area contributed by atoms with E-state index in [1.807, 2.05) is 0 Å². The average molecular weight is 285 g/mol. The summed E-state index contributed by atoms with van der Waals surface area (Å²) in [5.41, 5.74) is 0.335. The second kappa shape index (κ2) is 5.83. The van der Waals surface area contributed by atoms with Gasteiger partial charge in [-0.25, -0.2) is 0 Å². The summed E-state index contributed by atoms with van der Waals surface area (Å²) in [7, 11) is 0. The largest absolute Gasteiger partial charge is 0.545 e. The van der Waals surface area contributed by atoms with Crippen molar-refractivity contribution in [2.45, 2.75) is 0 Å². The molecule has 0 aromatic heterocycles. The van der Waals surface area contributed by atoms with Gasteiger partial charge in [0.2, 0.25) is 0 Å². The fourth-order valence-electron chi connectivity index (χ4n) is 1.66. The number of rotatable bonds is 4. The highest BCUT2D eigenvalue weighted by molar-refractivity contribution is 6.04. The second-order valence-electron chi connectivity index (χ2n) is 4.13. The van der Waals surface area contributed by atoms with Crippen LogP contribution in [0.1, 0.15) is 20.7 Å². The normalized spacial score (nSPS) is 9.90. The van der Waals surface area contributed by atoms with Crippen molar-refractivity contribution in [1.82, 2.24) is 0 Å². The monoisotopic (exact) mass is 285 g/mol. The Balaban J connectivity index is 2.16. The van der Waals surface area contributed by atoms with E-state index in [2.05, 4.69) is 5.32 Å². The van der Waals surface area contributed by atoms with Crippen molar-refractivity contribution in [1.29, 1.82) is 0 Å². The van der Waals surface area contributed by atoms with E-state index in [0.717, 1.165) is 0 Å². The minimum atomic E-state index is -1.35. The van der Waals surface area contributed by atoms with Crippen molar-refractivity contribution in [3.63, 3.8) is 0 Å². The molecule has 0 bridgehead atoms. The molecule has 0 heterocycles. The van der Waals surface area contributed by atoms with Crippen molar-refractivity contribution in [2.75, 3.05) is 5.32 Å². The quantitative estimate of drug-likeness (QED) is 0.670. The highest BCUT2D eigenvalue weighted by Crippen LogP contribution is 2.15. The number of non-ortho nitro benzene ring substituents is 1. The molecule has 0 atom stereocenters. The molecule has 0 radical (unpaired) electrons. The first-order valence-electron chi connectivity index (χ1n) is 5.84. The van der Waals surface area contributed by atoms with Crippen LogP contribution in [0.15, 0.2) is 48.5 Å². The van der Waals surface area contributed by atoms with Crippen LogP contribution in [0.3, 0.4) is 0 Å². The van der Waals surface area contributed by atoms with Crippen LogP contribution in [0, 0.1) is 10.1 Å². The molecular formula is C14H9N2O5-. The second-order valence-corrected chi connectivity index (χ2v) is 4.13. The summed E-state index contributed by atoms with van der Waals surface area (Å²) in [6.45, 7) is 0. The number of nitro groups is 1. The Hall–Kier alpha value is -3.22. The zero-order valence-corrected chi connectivity index (χ0v) is 10.6. The van der Waals surface area contributed by atoms with E-state index in [0.29, 0.717) is 5.69 Å². The first kappa shape index (κ1) is 14.2. The number of benzene rings is 2. The maximum atomic E-state index is 11.9. The molecule has 0 aliphatic carbocycles. The SMILES string of the molecule is O=C([O-])c1cccc(NC(=O)c2ccc([N+](=O)[O-])cc2)c1. The standard InChI is InChI=1S/C14H10N2O5/c17-13(9-4-6-12(7-5-9)16(20)21)15-11-3-1-2-10(8-11)14(18)19/h1-8H,(H,15,17)(H,18,19)/p-1. The molecular weight excluding hydrogens is 276 g/mol. The Morgan fingerprint density at radius 3 is 2.24 bits per heavy atom. The number of amides is 1. The third-order valence-electron chi connectivity index (χ3n) is 2.70. The van der Waals surface area contributed by atoms with Crippen LogP contribution in [0.25, 0.3) is 0 Å². The number of nitrogens with one attached hydrogen (secondary N) is 1. The van der Waals surface area contributed by atoms with Crippen LogP contribution in [-0.2, 0) is 0 Å². The number of anilines is 1. The summed E-state index contributed by atoms with van der Waals surface area (Å²) < 4.78 is 0. The molecule has 2 aromatic carbocycles. The van der Waals surface area contributed by atoms with Gasteiger partial charge in [-0.2, -0.15) is 0 Å². The first-order valence-corrected chi connectivity index (χ1v) is 5.84. The summed E-state index contributed by atoms with van der Waals surface area (Å²) in [4.78, 5) is 32.6. The maximum Gasteiger partial charge on any atom is 0.269 e. The number of carbonyl (C=O) groups excluding carboxylic acids is 2. The molecule has 7 nitrogen and oxygen atoms in total. The zero-order chi connectivity index (χ0) is 15.4. The summed E-state index contributed by atoms with van der Waals surface area (Å²) >= 11 is 0. The summed E-state index contributed by atoms with van der Waals surface area (Å²) in [5.74, 6) is -1.85. The van der Waals surface area contributed by atoms with Gasteiger partial charge in [-0.1, -0.05) is 12.1 Å². The topological polar surface area (TPSA) is 112 Å². The van der Waals surface area contributed by atoms with Gasteiger partial charge in [-0.15, -0.1) is 0 Å². The van der Waals surface area contributed by atoms with Crippen LogP contribution in [0.4, 0.5) is 11.4 Å². The smallest absolute Gasteiger partial charge is 0.269 e. The molecule has 21 heavy (non-hydrogen) atoms. The molecule has 0 saturated heterocycles. The van der Waals surface area contributed by atoms with Gasteiger partial charge in [0.25, 0.3) is 11.6 Å². The molecule has 0 aliphatic heterocycles. The number of carboxylic acid groups (broad SMARTS) is 1. The summed E-state index contributed by atoms with van der Waals surface area (Å²) in [5, 5.41) is 23.7. The van der Waals surface area contributed by atoms with Crippen molar-refractivity contribution in [3.8, 4) is 0 Å². The fraction of sp³-hybridized carbons (Fsp3) is 0. The Kier molecular flexibility index (Phi) is 3.94. The molecule has 106 valence electrons. The number of hydrogen-bond acceptors (Lipinski definition) is 5. The molecule has 0 spiro atoms. The molecule has 0 unspecified atom stereocenters. The summed E-state index contributed by atoms with van der Waals surface area (Å²) in [6, 6.07) is 10.7. The van der Waals surface area contributed by atoms with Gasteiger partial charge in [-0.05, 0) is 29.8 Å². The Morgan fingerprint density at radius 1 is 1.00 bits per heavy atom. The first-order chi connectivity index (χ1) is 9.97. The number of nitro benzene ring substituents is 1. The molecule has 0 saturated carbocycles. The van der Waals surface area contributed by atoms with E-state index in [1.165, 1.54) is 48.5 Å². The lowest BCUT2D eigenvalue weighted by Crippen LogP contribution is -2.22. The minimum Gasteiger partial charge on any atom is -0.545 e. The molecule has 0 fully saturated rings. The van der Waals surface area contributed by atoms with Crippen molar-refractivity contribution >= 4 is 23.3 Å². The third kappa shape index (κ3) is 3.41. The Labute approximate surface area is 119 Å². The van der Waals surface area contributed by atoms with E-state index in [4.69, 9.17) is 0 Å². The van der Waals surface area contributed by atoms with Crippen molar-refractivity contribution in [2.24, 2.45) is 0 Å². The molecule has 7 heteroatoms. The number of nitrogens with zero attached hydrogens (tertiary/aromatic N) is 1. The lowest BCUT2D eigenvalue weighted by Gasteiger charge is -2.08. The highest BCUT2D eigenvalue weighted by Gasteiger charge is 2.09. The van der Waals surface area contributed by atoms with Crippen LogP contribution in [-0.4, -0.2) is 16.8 Å². The van der Waals surface area contributed by atoms with E-state index in [9.17, 15) is 24.8 Å². The molecule has 0 aliphatic rings. The van der Waals surface area contributed by atoms with Crippen LogP contribution >= 0.6 is 0 Å². The summed E-state index contributed by atoms with van der Waals surface area (Å²) in [6.07, 6.45) is 0. The zero-order valence-electron chi connectivity index (χ0n) is 10.6. The van der Waals surface area contributed by atoms with Crippen LogP contribution in [0.5, 0.6) is 0 Å². The predicted octanol–water partition coefficient (Wildman–Crippen LogP) is 1.21. The van der Waals surface area contributed by atoms with Gasteiger partial charge >= 0.3 is 0 Å². The van der Waals surface area contributed by atoms with Gasteiger partial charge in [0.15, 0.2) is 0 Å². The molecule has 1 N–H and O–H groups in total. The molecule has 1 amide bonds. The van der Waals surface area contributed by atoms with E-state index < -0.39 is 16.8 Å². The van der Waals surface area contributed by atoms with Gasteiger partial charge in [0, 0.05) is 23.4 Å². The lowest BCUT2D eigenvalue weighted by atomic mass is 10.1. The Bertz CT molecular complexity index is 710.